The first-order valence-electron chi connectivity index (χ1n) is 5.64. The maximum absolute atomic E-state index is 11.1. The average molecular weight is 215 g/mol. The van der Waals surface area contributed by atoms with Gasteiger partial charge in [0.2, 0.25) is 5.91 Å². The van der Waals surface area contributed by atoms with E-state index >= 15 is 0 Å². The largest absolute Gasteiger partial charge is 0.378 e. The maximum Gasteiger partial charge on any atom is 0.217 e. The third-order valence-electron chi connectivity index (χ3n) is 3.26. The van der Waals surface area contributed by atoms with E-state index < -0.39 is 0 Å². The molecule has 2 atom stereocenters. The molecule has 90 valence electrons. The van der Waals surface area contributed by atoms with E-state index in [2.05, 4.69) is 33.0 Å². The van der Waals surface area contributed by atoms with Gasteiger partial charge in [0.1, 0.15) is 0 Å². The standard InChI is InChI=1S/C12H25NO2/c1-7-11(4,13-10(3)14)9-12(5,8-2)15-6/h7-9H2,1-6H3,(H,13,14). The van der Waals surface area contributed by atoms with E-state index in [1.807, 2.05) is 0 Å². The van der Waals surface area contributed by atoms with E-state index in [9.17, 15) is 4.79 Å². The molecule has 3 nitrogen and oxygen atoms in total. The van der Waals surface area contributed by atoms with Crippen molar-refractivity contribution in [2.45, 2.75) is 65.0 Å². The van der Waals surface area contributed by atoms with Crippen molar-refractivity contribution in [2.75, 3.05) is 7.11 Å². The number of hydrogen-bond donors (Lipinski definition) is 1. The lowest BCUT2D eigenvalue weighted by Crippen LogP contribution is -2.50. The van der Waals surface area contributed by atoms with Crippen molar-refractivity contribution < 1.29 is 9.53 Å². The van der Waals surface area contributed by atoms with Crippen LogP contribution in [0.15, 0.2) is 0 Å². The molecule has 0 heterocycles. The first kappa shape index (κ1) is 14.4. The summed E-state index contributed by atoms with van der Waals surface area (Å²) in [5.41, 5.74) is -0.334. The summed E-state index contributed by atoms with van der Waals surface area (Å²) < 4.78 is 5.51. The second-order valence-electron chi connectivity index (χ2n) is 4.78. The summed E-state index contributed by atoms with van der Waals surface area (Å²) in [6.45, 7) is 9.91. The number of hydrogen-bond acceptors (Lipinski definition) is 2. The molecule has 0 aromatic carbocycles. The van der Waals surface area contributed by atoms with Crippen LogP contribution < -0.4 is 5.32 Å². The summed E-state index contributed by atoms with van der Waals surface area (Å²) in [6, 6.07) is 0. The molecule has 0 rings (SSSR count). The van der Waals surface area contributed by atoms with E-state index in [4.69, 9.17) is 4.74 Å². The number of nitrogens with one attached hydrogen (secondary N) is 1. The minimum Gasteiger partial charge on any atom is -0.378 e. The SMILES string of the molecule is CCC(C)(CC(C)(CC)OC)NC(C)=O. The summed E-state index contributed by atoms with van der Waals surface area (Å²) in [5.74, 6) is 0.0221. The zero-order chi connectivity index (χ0) is 12.1. The highest BCUT2D eigenvalue weighted by Crippen LogP contribution is 2.28. The van der Waals surface area contributed by atoms with Gasteiger partial charge in [0, 0.05) is 19.6 Å². The van der Waals surface area contributed by atoms with Crippen molar-refractivity contribution in [3.63, 3.8) is 0 Å². The second kappa shape index (κ2) is 5.50. The first-order chi connectivity index (χ1) is 6.81. The molecule has 1 N–H and O–H groups in total. The van der Waals surface area contributed by atoms with Gasteiger partial charge >= 0.3 is 0 Å². The number of amides is 1. The highest BCUT2D eigenvalue weighted by atomic mass is 16.5. The fraction of sp³-hybridized carbons (Fsp3) is 0.917. The Bertz CT molecular complexity index is 212. The minimum absolute atomic E-state index is 0.0221. The van der Waals surface area contributed by atoms with Gasteiger partial charge in [-0.2, -0.15) is 0 Å². The molecule has 0 aromatic heterocycles. The molecule has 1 amide bonds. The van der Waals surface area contributed by atoms with Crippen molar-refractivity contribution in [3.05, 3.63) is 0 Å². The first-order valence-corrected chi connectivity index (χ1v) is 5.64. The predicted octanol–water partition coefficient (Wildman–Crippen LogP) is 2.50. The molecule has 0 aliphatic heterocycles. The van der Waals surface area contributed by atoms with Gasteiger partial charge in [0.15, 0.2) is 0 Å². The smallest absolute Gasteiger partial charge is 0.217 e. The van der Waals surface area contributed by atoms with Gasteiger partial charge in [0.05, 0.1) is 5.60 Å². The summed E-state index contributed by atoms with van der Waals surface area (Å²) in [6.07, 6.45) is 2.69. The molecule has 0 saturated carbocycles. The molecular weight excluding hydrogens is 190 g/mol. The van der Waals surface area contributed by atoms with Crippen LogP contribution in [0.2, 0.25) is 0 Å². The van der Waals surface area contributed by atoms with Crippen LogP contribution in [0.5, 0.6) is 0 Å². The Kier molecular flexibility index (Phi) is 5.29. The van der Waals surface area contributed by atoms with E-state index in [0.717, 1.165) is 19.3 Å². The van der Waals surface area contributed by atoms with E-state index in [-0.39, 0.29) is 17.0 Å². The summed E-state index contributed by atoms with van der Waals surface area (Å²) in [4.78, 5) is 11.1. The molecule has 0 bridgehead atoms. The second-order valence-corrected chi connectivity index (χ2v) is 4.78. The molecule has 15 heavy (non-hydrogen) atoms. The van der Waals surface area contributed by atoms with Crippen LogP contribution in [0.3, 0.4) is 0 Å². The van der Waals surface area contributed by atoms with Crippen LogP contribution in [0.25, 0.3) is 0 Å². The molecular formula is C12H25NO2. The average Bonchev–Trinajstić information content (AvgIpc) is 2.16. The zero-order valence-electron chi connectivity index (χ0n) is 10.9. The molecule has 0 aliphatic carbocycles. The van der Waals surface area contributed by atoms with Crippen LogP contribution >= 0.6 is 0 Å². The van der Waals surface area contributed by atoms with Gasteiger partial charge in [0.25, 0.3) is 0 Å². The minimum atomic E-state index is -0.174. The quantitative estimate of drug-likeness (QED) is 0.739. The van der Waals surface area contributed by atoms with Gasteiger partial charge in [-0.05, 0) is 33.1 Å². The Balaban J connectivity index is 4.61. The lowest BCUT2D eigenvalue weighted by atomic mass is 9.83. The van der Waals surface area contributed by atoms with Gasteiger partial charge in [-0.25, -0.2) is 0 Å². The molecule has 0 fully saturated rings. The zero-order valence-corrected chi connectivity index (χ0v) is 10.9. The normalized spacial score (nSPS) is 19.1. The number of carbonyl (C=O) groups excluding carboxylic acids is 1. The monoisotopic (exact) mass is 215 g/mol. The van der Waals surface area contributed by atoms with E-state index in [1.165, 1.54) is 0 Å². The molecule has 0 aromatic rings. The summed E-state index contributed by atoms with van der Waals surface area (Å²) in [5, 5.41) is 3.01. The van der Waals surface area contributed by atoms with Crippen molar-refractivity contribution >= 4 is 5.91 Å². The predicted molar refractivity (Wildman–Crippen MR) is 62.8 cm³/mol. The molecule has 0 saturated heterocycles. The van der Waals surface area contributed by atoms with Crippen LogP contribution in [0, 0.1) is 0 Å². The molecule has 2 unspecified atom stereocenters. The van der Waals surface area contributed by atoms with Crippen LogP contribution in [0.1, 0.15) is 53.9 Å². The van der Waals surface area contributed by atoms with Crippen LogP contribution in [-0.4, -0.2) is 24.2 Å². The van der Waals surface area contributed by atoms with E-state index in [1.54, 1.807) is 14.0 Å². The van der Waals surface area contributed by atoms with Crippen LogP contribution in [-0.2, 0) is 9.53 Å². The highest BCUT2D eigenvalue weighted by molar-refractivity contribution is 5.73. The lowest BCUT2D eigenvalue weighted by molar-refractivity contribution is -0.121. The van der Waals surface area contributed by atoms with Gasteiger partial charge < -0.3 is 10.1 Å². The highest BCUT2D eigenvalue weighted by Gasteiger charge is 2.33. The third kappa shape index (κ3) is 4.65. The topological polar surface area (TPSA) is 38.3 Å². The van der Waals surface area contributed by atoms with Crippen LogP contribution in [0.4, 0.5) is 0 Å². The number of methoxy groups -OCH3 is 1. The van der Waals surface area contributed by atoms with Crippen molar-refractivity contribution in [1.29, 1.82) is 0 Å². The Morgan fingerprint density at radius 2 is 1.80 bits per heavy atom. The third-order valence-corrected chi connectivity index (χ3v) is 3.26. The summed E-state index contributed by atoms with van der Waals surface area (Å²) >= 11 is 0. The molecule has 0 radical (unpaired) electrons. The van der Waals surface area contributed by atoms with Gasteiger partial charge in [-0.15, -0.1) is 0 Å². The van der Waals surface area contributed by atoms with Crippen molar-refractivity contribution in [1.82, 2.24) is 5.32 Å². The number of rotatable bonds is 6. The maximum atomic E-state index is 11.1. The number of carbonyl (C=O) groups is 1. The Morgan fingerprint density at radius 1 is 1.27 bits per heavy atom. The van der Waals surface area contributed by atoms with Crippen molar-refractivity contribution in [3.8, 4) is 0 Å². The van der Waals surface area contributed by atoms with Gasteiger partial charge in [-0.1, -0.05) is 13.8 Å². The molecule has 3 heteroatoms. The van der Waals surface area contributed by atoms with E-state index in [0.29, 0.717) is 0 Å². The Morgan fingerprint density at radius 3 is 2.07 bits per heavy atom. The molecule has 0 spiro atoms. The van der Waals surface area contributed by atoms with Gasteiger partial charge in [-0.3, -0.25) is 4.79 Å². The van der Waals surface area contributed by atoms with Crippen molar-refractivity contribution in [2.24, 2.45) is 0 Å². The fourth-order valence-electron chi connectivity index (χ4n) is 1.85. The number of ether oxygens (including phenoxy) is 1. The summed E-state index contributed by atoms with van der Waals surface area (Å²) in [7, 11) is 1.73. The molecule has 0 aliphatic rings. The fourth-order valence-corrected chi connectivity index (χ4v) is 1.85. The Labute approximate surface area is 93.6 Å². The lowest BCUT2D eigenvalue weighted by Gasteiger charge is -2.38. The Hall–Kier alpha value is -0.570.